The molecule has 0 atom stereocenters. The summed E-state index contributed by atoms with van der Waals surface area (Å²) in [5.41, 5.74) is 3.76. The molecule has 1 heterocycles. The van der Waals surface area contributed by atoms with Gasteiger partial charge >= 0.3 is 0 Å². The van der Waals surface area contributed by atoms with Crippen LogP contribution in [0.3, 0.4) is 0 Å². The molecule has 3 rings (SSSR count). The number of rotatable bonds is 10. The van der Waals surface area contributed by atoms with E-state index in [9.17, 15) is 0 Å². The summed E-state index contributed by atoms with van der Waals surface area (Å²) in [7, 11) is 5.90. The Morgan fingerprint density at radius 3 is 2.35 bits per heavy atom. The van der Waals surface area contributed by atoms with Crippen LogP contribution in [0.15, 0.2) is 53.5 Å². The number of aliphatic imine (C=N–C) groups is 1. The van der Waals surface area contributed by atoms with Gasteiger partial charge in [0.25, 0.3) is 0 Å². The minimum absolute atomic E-state index is 0.659. The molecule has 168 valence electrons. The van der Waals surface area contributed by atoms with Gasteiger partial charge in [-0.1, -0.05) is 42.5 Å². The summed E-state index contributed by atoms with van der Waals surface area (Å²) in [4.78, 5) is 9.00. The standard InChI is InChI=1S/C25H37N5O/c1-26-25(28-19-23-8-4-5-9-24(23)31-17-16-29(2)3)27-18-21-10-12-22(13-11-21)20-30-14-6-7-15-30/h4-5,8-13H,6-7,14-20H2,1-3H3,(H2,26,27,28). The van der Waals surface area contributed by atoms with Gasteiger partial charge in [0.05, 0.1) is 0 Å². The van der Waals surface area contributed by atoms with Gasteiger partial charge < -0.3 is 20.3 Å². The van der Waals surface area contributed by atoms with Crippen molar-refractivity contribution in [1.29, 1.82) is 0 Å². The molecule has 2 N–H and O–H groups in total. The van der Waals surface area contributed by atoms with E-state index in [2.05, 4.69) is 55.8 Å². The third kappa shape index (κ3) is 7.89. The summed E-state index contributed by atoms with van der Waals surface area (Å²) in [6, 6.07) is 17.1. The molecule has 0 aliphatic carbocycles. The molecular formula is C25H37N5O. The molecule has 0 amide bonds. The zero-order chi connectivity index (χ0) is 21.9. The molecule has 1 fully saturated rings. The second-order valence-corrected chi connectivity index (χ2v) is 8.34. The van der Waals surface area contributed by atoms with Crippen LogP contribution in [0.2, 0.25) is 0 Å². The number of ether oxygens (including phenoxy) is 1. The second-order valence-electron chi connectivity index (χ2n) is 8.34. The van der Waals surface area contributed by atoms with E-state index in [1.54, 1.807) is 7.05 Å². The Morgan fingerprint density at radius 1 is 0.968 bits per heavy atom. The van der Waals surface area contributed by atoms with Gasteiger partial charge in [-0.25, -0.2) is 0 Å². The molecule has 1 aliphatic rings. The van der Waals surface area contributed by atoms with Gasteiger partial charge in [0.2, 0.25) is 0 Å². The summed E-state index contributed by atoms with van der Waals surface area (Å²) in [6.45, 7) is 6.49. The van der Waals surface area contributed by atoms with E-state index in [1.807, 2.05) is 32.3 Å². The highest BCUT2D eigenvalue weighted by Gasteiger charge is 2.11. The fraction of sp³-hybridized carbons (Fsp3) is 0.480. The normalized spacial score (nSPS) is 14.8. The maximum Gasteiger partial charge on any atom is 0.191 e. The lowest BCUT2D eigenvalue weighted by molar-refractivity contribution is 0.259. The number of benzene rings is 2. The van der Waals surface area contributed by atoms with Gasteiger partial charge in [-0.2, -0.15) is 0 Å². The van der Waals surface area contributed by atoms with E-state index in [-0.39, 0.29) is 0 Å². The zero-order valence-corrected chi connectivity index (χ0v) is 19.2. The smallest absolute Gasteiger partial charge is 0.191 e. The topological polar surface area (TPSA) is 52.1 Å². The number of nitrogens with zero attached hydrogens (tertiary/aromatic N) is 3. The quantitative estimate of drug-likeness (QED) is 0.454. The van der Waals surface area contributed by atoms with Gasteiger partial charge in [0.15, 0.2) is 5.96 Å². The minimum Gasteiger partial charge on any atom is -0.492 e. The minimum atomic E-state index is 0.659. The van der Waals surface area contributed by atoms with Gasteiger partial charge in [0.1, 0.15) is 12.4 Å². The Balaban J connectivity index is 1.45. The van der Waals surface area contributed by atoms with Crippen molar-refractivity contribution in [3.8, 4) is 5.75 Å². The number of guanidine groups is 1. The lowest BCUT2D eigenvalue weighted by Gasteiger charge is -2.16. The van der Waals surface area contributed by atoms with Crippen LogP contribution in [0.5, 0.6) is 5.75 Å². The maximum absolute atomic E-state index is 5.96. The van der Waals surface area contributed by atoms with Gasteiger partial charge in [-0.3, -0.25) is 9.89 Å². The average Bonchev–Trinajstić information content (AvgIpc) is 3.28. The number of nitrogens with one attached hydrogen (secondary N) is 2. The largest absolute Gasteiger partial charge is 0.492 e. The Labute approximate surface area is 187 Å². The van der Waals surface area contributed by atoms with E-state index in [0.29, 0.717) is 13.2 Å². The van der Waals surface area contributed by atoms with Gasteiger partial charge in [0, 0.05) is 38.8 Å². The Morgan fingerprint density at radius 2 is 1.65 bits per heavy atom. The van der Waals surface area contributed by atoms with E-state index < -0.39 is 0 Å². The van der Waals surface area contributed by atoms with Crippen molar-refractivity contribution in [2.75, 3.05) is 47.4 Å². The fourth-order valence-corrected chi connectivity index (χ4v) is 3.68. The highest BCUT2D eigenvalue weighted by Crippen LogP contribution is 2.17. The van der Waals surface area contributed by atoms with Crippen LogP contribution in [-0.2, 0) is 19.6 Å². The number of hydrogen-bond donors (Lipinski definition) is 2. The maximum atomic E-state index is 5.96. The Kier molecular flexibility index (Phi) is 9.18. The van der Waals surface area contributed by atoms with Crippen LogP contribution in [0.1, 0.15) is 29.5 Å². The summed E-state index contributed by atoms with van der Waals surface area (Å²) in [5, 5.41) is 6.80. The molecule has 31 heavy (non-hydrogen) atoms. The molecule has 2 aromatic rings. The Hall–Kier alpha value is -2.57. The molecule has 1 saturated heterocycles. The van der Waals surface area contributed by atoms with Crippen LogP contribution >= 0.6 is 0 Å². The number of likely N-dealkylation sites (N-methyl/N-ethyl adjacent to an activating group) is 1. The first kappa shape index (κ1) is 23.1. The number of hydrogen-bond acceptors (Lipinski definition) is 4. The van der Waals surface area contributed by atoms with Crippen LogP contribution < -0.4 is 15.4 Å². The van der Waals surface area contributed by atoms with Crippen LogP contribution in [0.25, 0.3) is 0 Å². The third-order valence-corrected chi connectivity index (χ3v) is 5.53. The van der Waals surface area contributed by atoms with Crippen molar-refractivity contribution in [3.05, 3.63) is 65.2 Å². The van der Waals surface area contributed by atoms with E-state index in [4.69, 9.17) is 4.74 Å². The lowest BCUT2D eigenvalue weighted by Crippen LogP contribution is -2.36. The first-order valence-corrected chi connectivity index (χ1v) is 11.2. The molecular weight excluding hydrogens is 386 g/mol. The van der Waals surface area contributed by atoms with Crippen molar-refractivity contribution in [2.24, 2.45) is 4.99 Å². The van der Waals surface area contributed by atoms with Crippen molar-refractivity contribution in [2.45, 2.75) is 32.5 Å². The zero-order valence-electron chi connectivity index (χ0n) is 19.2. The molecule has 0 aromatic heterocycles. The molecule has 0 unspecified atom stereocenters. The van der Waals surface area contributed by atoms with Crippen molar-refractivity contribution >= 4 is 5.96 Å². The van der Waals surface area contributed by atoms with E-state index in [1.165, 1.54) is 37.1 Å². The number of likely N-dealkylation sites (tertiary alicyclic amines) is 1. The first-order chi connectivity index (χ1) is 15.1. The molecule has 1 aliphatic heterocycles. The summed E-state index contributed by atoms with van der Waals surface area (Å²) in [5.74, 6) is 1.70. The monoisotopic (exact) mass is 423 g/mol. The van der Waals surface area contributed by atoms with E-state index in [0.717, 1.165) is 36.9 Å². The summed E-state index contributed by atoms with van der Waals surface area (Å²) < 4.78 is 5.96. The van der Waals surface area contributed by atoms with Gasteiger partial charge in [-0.15, -0.1) is 0 Å². The predicted octanol–water partition coefficient (Wildman–Crippen LogP) is 3.09. The molecule has 2 aromatic carbocycles. The molecule has 0 bridgehead atoms. The third-order valence-electron chi connectivity index (χ3n) is 5.53. The average molecular weight is 424 g/mol. The van der Waals surface area contributed by atoms with Gasteiger partial charge in [-0.05, 0) is 57.2 Å². The van der Waals surface area contributed by atoms with Crippen molar-refractivity contribution < 1.29 is 4.74 Å². The molecule has 6 heteroatoms. The highest BCUT2D eigenvalue weighted by molar-refractivity contribution is 5.79. The fourth-order valence-electron chi connectivity index (χ4n) is 3.68. The highest BCUT2D eigenvalue weighted by atomic mass is 16.5. The summed E-state index contributed by atoms with van der Waals surface area (Å²) >= 11 is 0. The van der Waals surface area contributed by atoms with Crippen molar-refractivity contribution in [1.82, 2.24) is 20.4 Å². The van der Waals surface area contributed by atoms with E-state index >= 15 is 0 Å². The van der Waals surface area contributed by atoms with Crippen molar-refractivity contribution in [3.63, 3.8) is 0 Å². The molecule has 0 saturated carbocycles. The first-order valence-electron chi connectivity index (χ1n) is 11.2. The summed E-state index contributed by atoms with van der Waals surface area (Å²) in [6.07, 6.45) is 2.67. The predicted molar refractivity (Wildman–Crippen MR) is 128 cm³/mol. The number of para-hydroxylation sites is 1. The second kappa shape index (κ2) is 12.3. The molecule has 0 spiro atoms. The SMILES string of the molecule is CN=C(NCc1ccc(CN2CCCC2)cc1)NCc1ccccc1OCCN(C)C. The molecule has 0 radical (unpaired) electrons. The Bertz CT molecular complexity index is 813. The van der Waals surface area contributed by atoms with Crippen LogP contribution in [0, 0.1) is 0 Å². The van der Waals surface area contributed by atoms with Crippen LogP contribution in [0.4, 0.5) is 0 Å². The lowest BCUT2D eigenvalue weighted by atomic mass is 10.1. The van der Waals surface area contributed by atoms with Crippen LogP contribution in [-0.4, -0.2) is 63.1 Å². The molecule has 6 nitrogen and oxygen atoms in total.